The molecule has 0 atom stereocenters. The summed E-state index contributed by atoms with van der Waals surface area (Å²) in [5.41, 5.74) is 3.06. The minimum absolute atomic E-state index is 0.0425. The minimum Gasteiger partial charge on any atom is -0.495 e. The molecule has 104 valence electrons. The highest BCUT2D eigenvalue weighted by Crippen LogP contribution is 2.33. The zero-order valence-corrected chi connectivity index (χ0v) is 11.7. The van der Waals surface area contributed by atoms with E-state index in [4.69, 9.17) is 4.74 Å². The summed E-state index contributed by atoms with van der Waals surface area (Å²) in [6.45, 7) is 1.33. The van der Waals surface area contributed by atoms with Crippen LogP contribution in [0.5, 0.6) is 5.75 Å². The lowest BCUT2D eigenvalue weighted by Gasteiger charge is -2.21. The van der Waals surface area contributed by atoms with Gasteiger partial charge in [0.2, 0.25) is 5.91 Å². The van der Waals surface area contributed by atoms with Gasteiger partial charge in [0, 0.05) is 12.2 Å². The van der Waals surface area contributed by atoms with Crippen molar-refractivity contribution >= 4 is 17.3 Å². The van der Waals surface area contributed by atoms with E-state index < -0.39 is 0 Å². The van der Waals surface area contributed by atoms with Gasteiger partial charge in [-0.1, -0.05) is 0 Å². The van der Waals surface area contributed by atoms with E-state index in [-0.39, 0.29) is 5.91 Å². The zero-order valence-electron chi connectivity index (χ0n) is 11.7. The molecule has 1 aliphatic heterocycles. The second-order valence-corrected chi connectivity index (χ2v) is 5.03. The number of likely N-dealkylation sites (N-methyl/N-ethyl adjacent to an activating group) is 1. The number of nitrogens with zero attached hydrogens (tertiary/aromatic N) is 1. The van der Waals surface area contributed by atoms with Crippen LogP contribution in [-0.4, -0.2) is 45.1 Å². The summed E-state index contributed by atoms with van der Waals surface area (Å²) in [5, 5.41) is 6.25. The van der Waals surface area contributed by atoms with Gasteiger partial charge in [0.1, 0.15) is 5.75 Å². The maximum atomic E-state index is 11.8. The van der Waals surface area contributed by atoms with E-state index in [9.17, 15) is 4.79 Å². The first-order valence-corrected chi connectivity index (χ1v) is 6.49. The molecule has 19 heavy (non-hydrogen) atoms. The fourth-order valence-corrected chi connectivity index (χ4v) is 2.24. The van der Waals surface area contributed by atoms with E-state index in [1.807, 2.05) is 31.1 Å². The van der Waals surface area contributed by atoms with Gasteiger partial charge in [0.05, 0.1) is 19.3 Å². The number of hydrogen-bond donors (Lipinski definition) is 2. The normalized spacial score (nSPS) is 13.7. The van der Waals surface area contributed by atoms with E-state index in [0.29, 0.717) is 6.54 Å². The van der Waals surface area contributed by atoms with Crippen molar-refractivity contribution in [3.63, 3.8) is 0 Å². The van der Waals surface area contributed by atoms with Crippen LogP contribution in [0.2, 0.25) is 0 Å². The Balaban J connectivity index is 2.21. The van der Waals surface area contributed by atoms with Crippen molar-refractivity contribution in [2.75, 3.05) is 44.9 Å². The van der Waals surface area contributed by atoms with Crippen LogP contribution < -0.4 is 15.4 Å². The minimum atomic E-state index is -0.0425. The molecule has 5 heteroatoms. The van der Waals surface area contributed by atoms with Crippen LogP contribution in [0.1, 0.15) is 12.0 Å². The first kappa shape index (κ1) is 13.7. The molecular formula is C14H21N3O2. The molecule has 1 aliphatic rings. The van der Waals surface area contributed by atoms with Gasteiger partial charge in [-0.3, -0.25) is 4.79 Å². The van der Waals surface area contributed by atoms with Crippen molar-refractivity contribution in [1.82, 2.24) is 4.90 Å². The Morgan fingerprint density at radius 3 is 2.95 bits per heavy atom. The largest absolute Gasteiger partial charge is 0.495 e. The highest BCUT2D eigenvalue weighted by Gasteiger charge is 2.15. The maximum Gasteiger partial charge on any atom is 0.238 e. The third-order valence-electron chi connectivity index (χ3n) is 3.10. The molecule has 0 saturated heterocycles. The number of methoxy groups -OCH3 is 1. The van der Waals surface area contributed by atoms with E-state index in [0.717, 1.165) is 36.5 Å². The van der Waals surface area contributed by atoms with Crippen molar-refractivity contribution in [3.05, 3.63) is 17.7 Å². The first-order valence-electron chi connectivity index (χ1n) is 6.49. The van der Waals surface area contributed by atoms with Gasteiger partial charge in [-0.15, -0.1) is 0 Å². The number of nitrogens with one attached hydrogen (secondary N) is 2. The van der Waals surface area contributed by atoms with Gasteiger partial charge >= 0.3 is 0 Å². The predicted octanol–water partition coefficient (Wildman–Crippen LogP) is 1.55. The molecule has 0 bridgehead atoms. The Kier molecular flexibility index (Phi) is 4.27. The number of amides is 1. The summed E-state index contributed by atoms with van der Waals surface area (Å²) in [6.07, 6.45) is 2.17. The summed E-state index contributed by atoms with van der Waals surface area (Å²) in [4.78, 5) is 13.7. The van der Waals surface area contributed by atoms with Gasteiger partial charge in [-0.05, 0) is 44.6 Å². The lowest BCUT2D eigenvalue weighted by molar-refractivity contribution is -0.116. The number of aryl methyl sites for hydroxylation is 1. The zero-order chi connectivity index (χ0) is 13.8. The third kappa shape index (κ3) is 3.38. The standard InChI is InChI=1S/C14H21N3O2/c1-17(2)9-14(18)16-12-8-11-10(5-4-6-15-11)7-13(12)19-3/h7-8,15H,4-6,9H2,1-3H3,(H,16,18). The van der Waals surface area contributed by atoms with Gasteiger partial charge in [-0.25, -0.2) is 0 Å². The van der Waals surface area contributed by atoms with Crippen molar-refractivity contribution in [2.45, 2.75) is 12.8 Å². The lowest BCUT2D eigenvalue weighted by Crippen LogP contribution is -2.27. The first-order chi connectivity index (χ1) is 9.10. The Hall–Kier alpha value is -1.75. The molecule has 0 aromatic heterocycles. The van der Waals surface area contributed by atoms with E-state index in [2.05, 4.69) is 10.6 Å². The molecular weight excluding hydrogens is 242 g/mol. The van der Waals surface area contributed by atoms with Crippen LogP contribution in [0.3, 0.4) is 0 Å². The number of ether oxygens (including phenoxy) is 1. The number of hydrogen-bond acceptors (Lipinski definition) is 4. The Labute approximate surface area is 113 Å². The fraction of sp³-hybridized carbons (Fsp3) is 0.500. The number of anilines is 2. The van der Waals surface area contributed by atoms with Crippen molar-refractivity contribution in [3.8, 4) is 5.75 Å². The summed E-state index contributed by atoms with van der Waals surface area (Å²) in [6, 6.07) is 3.97. The van der Waals surface area contributed by atoms with Gasteiger partial charge in [0.15, 0.2) is 0 Å². The van der Waals surface area contributed by atoms with Crippen LogP contribution in [-0.2, 0) is 11.2 Å². The second-order valence-electron chi connectivity index (χ2n) is 5.03. The molecule has 2 rings (SSSR count). The summed E-state index contributed by atoms with van der Waals surface area (Å²) >= 11 is 0. The van der Waals surface area contributed by atoms with Gasteiger partial charge < -0.3 is 20.3 Å². The molecule has 1 amide bonds. The van der Waals surface area contributed by atoms with E-state index in [1.54, 1.807) is 7.11 Å². The van der Waals surface area contributed by atoms with Crippen molar-refractivity contribution in [2.24, 2.45) is 0 Å². The van der Waals surface area contributed by atoms with Gasteiger partial charge in [0.25, 0.3) is 0 Å². The third-order valence-corrected chi connectivity index (χ3v) is 3.10. The molecule has 1 aromatic carbocycles. The maximum absolute atomic E-state index is 11.8. The summed E-state index contributed by atoms with van der Waals surface area (Å²) in [7, 11) is 5.36. The number of carbonyl (C=O) groups is 1. The molecule has 0 radical (unpaired) electrons. The smallest absolute Gasteiger partial charge is 0.238 e. The molecule has 0 spiro atoms. The number of benzene rings is 1. The summed E-state index contributed by atoms with van der Waals surface area (Å²) in [5.74, 6) is 0.675. The van der Waals surface area contributed by atoms with Gasteiger partial charge in [-0.2, -0.15) is 0 Å². The average molecular weight is 263 g/mol. The molecule has 0 fully saturated rings. The average Bonchev–Trinajstić information content (AvgIpc) is 2.36. The monoisotopic (exact) mass is 263 g/mol. The molecule has 2 N–H and O–H groups in total. The topological polar surface area (TPSA) is 53.6 Å². The van der Waals surface area contributed by atoms with Crippen LogP contribution >= 0.6 is 0 Å². The molecule has 0 aliphatic carbocycles. The lowest BCUT2D eigenvalue weighted by atomic mass is 10.0. The fourth-order valence-electron chi connectivity index (χ4n) is 2.24. The SMILES string of the molecule is COc1cc2c(cc1NC(=O)CN(C)C)NCCC2. The molecule has 1 aromatic rings. The molecule has 0 saturated carbocycles. The highest BCUT2D eigenvalue weighted by atomic mass is 16.5. The van der Waals surface area contributed by atoms with Crippen molar-refractivity contribution < 1.29 is 9.53 Å². The Morgan fingerprint density at radius 2 is 2.26 bits per heavy atom. The van der Waals surface area contributed by atoms with Crippen molar-refractivity contribution in [1.29, 1.82) is 0 Å². The molecule has 5 nitrogen and oxygen atoms in total. The van der Waals surface area contributed by atoms with Crippen LogP contribution in [0.25, 0.3) is 0 Å². The Bertz CT molecular complexity index is 472. The van der Waals surface area contributed by atoms with Crippen LogP contribution in [0.15, 0.2) is 12.1 Å². The van der Waals surface area contributed by atoms with E-state index in [1.165, 1.54) is 5.56 Å². The highest BCUT2D eigenvalue weighted by molar-refractivity contribution is 5.94. The van der Waals surface area contributed by atoms with Crippen LogP contribution in [0.4, 0.5) is 11.4 Å². The quantitative estimate of drug-likeness (QED) is 0.865. The number of fused-ring (bicyclic) bond motifs is 1. The number of rotatable bonds is 4. The molecule has 1 heterocycles. The Morgan fingerprint density at radius 1 is 1.47 bits per heavy atom. The second kappa shape index (κ2) is 5.93. The number of carbonyl (C=O) groups excluding carboxylic acids is 1. The van der Waals surface area contributed by atoms with E-state index >= 15 is 0 Å². The summed E-state index contributed by atoms with van der Waals surface area (Å²) < 4.78 is 5.36. The molecule has 0 unspecified atom stereocenters. The van der Waals surface area contributed by atoms with Crippen LogP contribution in [0, 0.1) is 0 Å². The predicted molar refractivity (Wildman–Crippen MR) is 77.0 cm³/mol.